The van der Waals surface area contributed by atoms with Crippen LogP contribution in [0.1, 0.15) is 0 Å². The van der Waals surface area contributed by atoms with Gasteiger partial charge >= 0.3 is 0 Å². The van der Waals surface area contributed by atoms with Gasteiger partial charge in [-0.25, -0.2) is 4.98 Å². The van der Waals surface area contributed by atoms with Crippen LogP contribution >= 0.6 is 0 Å². The topological polar surface area (TPSA) is 74.4 Å². The Balaban J connectivity index is 2.74. The largest absolute Gasteiger partial charge is 0.307 e. The molecule has 0 saturated heterocycles. The minimum atomic E-state index is -0.253. The number of nitrogens with zero attached hydrogens (tertiary/aromatic N) is 2. The van der Waals surface area contributed by atoms with Crippen molar-refractivity contribution in [3.05, 3.63) is 35.0 Å². The van der Waals surface area contributed by atoms with Gasteiger partial charge < -0.3 is 5.10 Å². The minimum Gasteiger partial charge on any atom is -0.307 e. The fourth-order valence-corrected chi connectivity index (χ4v) is 1.58. The van der Waals surface area contributed by atoms with Crippen molar-refractivity contribution in [3.8, 4) is 0 Å². The first kappa shape index (κ1) is 7.25. The Kier molecular flexibility index (Phi) is 1.25. The van der Waals surface area contributed by atoms with E-state index in [9.17, 15) is 4.79 Å². The third kappa shape index (κ3) is 0.806. The molecule has 0 aliphatic carbocycles. The van der Waals surface area contributed by atoms with Crippen LogP contribution < -0.4 is 5.56 Å². The summed E-state index contributed by atoms with van der Waals surface area (Å²) in [7, 11) is 0. The summed E-state index contributed by atoms with van der Waals surface area (Å²) in [4.78, 5) is 19.2. The standard InChI is InChI=1S/C9H6N4O/c14-9-7-6(10-4-11-9)2-1-5-3-12-13-8(5)7/h1-4,12-13H. The van der Waals surface area contributed by atoms with Gasteiger partial charge in [0.15, 0.2) is 0 Å². The molecule has 2 aromatic heterocycles. The molecule has 3 aromatic rings. The van der Waals surface area contributed by atoms with Gasteiger partial charge in [-0.1, -0.05) is 0 Å². The molecule has 0 aliphatic heterocycles. The molecule has 0 spiro atoms. The van der Waals surface area contributed by atoms with Crippen LogP contribution in [0.2, 0.25) is 0 Å². The van der Waals surface area contributed by atoms with Crippen molar-refractivity contribution in [1.29, 1.82) is 0 Å². The average Bonchev–Trinajstić information content (AvgIpc) is 2.65. The lowest BCUT2D eigenvalue weighted by Gasteiger charge is -1.94. The van der Waals surface area contributed by atoms with Crippen molar-refractivity contribution in [2.45, 2.75) is 0 Å². The summed E-state index contributed by atoms with van der Waals surface area (Å²) in [5, 5.41) is 7.22. The second-order valence-corrected chi connectivity index (χ2v) is 3.02. The van der Waals surface area contributed by atoms with Crippen molar-refractivity contribution >= 4 is 21.8 Å². The Morgan fingerprint density at radius 1 is 1.21 bits per heavy atom. The molecule has 2 heterocycles. The second kappa shape index (κ2) is 2.41. The first-order valence-corrected chi connectivity index (χ1v) is 4.16. The molecule has 0 radical (unpaired) electrons. The molecule has 0 atom stereocenters. The molecule has 3 rings (SSSR count). The van der Waals surface area contributed by atoms with Crippen LogP contribution in [0.4, 0.5) is 0 Å². The van der Waals surface area contributed by atoms with Gasteiger partial charge in [0, 0.05) is 11.6 Å². The highest BCUT2D eigenvalue weighted by molar-refractivity contribution is 6.02. The molecule has 5 nitrogen and oxygen atoms in total. The van der Waals surface area contributed by atoms with E-state index >= 15 is 0 Å². The summed E-state index contributed by atoms with van der Waals surface area (Å²) in [5.41, 5.74) is 1.16. The number of hydrogen-bond acceptors (Lipinski definition) is 3. The number of nitrogens with one attached hydrogen (secondary N) is 2. The highest BCUT2D eigenvalue weighted by atomic mass is 16.1. The molecule has 2 N–H and O–H groups in total. The fourth-order valence-electron chi connectivity index (χ4n) is 1.58. The number of fused-ring (bicyclic) bond motifs is 3. The maximum atomic E-state index is 11.5. The predicted octanol–water partition coefficient (Wildman–Crippen LogP) is 0.799. The molecule has 0 aliphatic rings. The number of rotatable bonds is 0. The van der Waals surface area contributed by atoms with Crippen LogP contribution in [0, 0.1) is 0 Å². The zero-order valence-electron chi connectivity index (χ0n) is 7.11. The molecule has 0 fully saturated rings. The molecule has 68 valence electrons. The van der Waals surface area contributed by atoms with E-state index in [1.165, 1.54) is 6.33 Å². The van der Waals surface area contributed by atoms with Crippen LogP contribution in [0.15, 0.2) is 29.5 Å². The summed E-state index contributed by atoms with van der Waals surface area (Å²) in [5.74, 6) is 0. The lowest BCUT2D eigenvalue weighted by Crippen LogP contribution is -2.06. The molecule has 5 heteroatoms. The zero-order chi connectivity index (χ0) is 9.54. The van der Waals surface area contributed by atoms with Gasteiger partial charge in [0.2, 0.25) is 0 Å². The van der Waals surface area contributed by atoms with E-state index in [-0.39, 0.29) is 5.56 Å². The van der Waals surface area contributed by atoms with Gasteiger partial charge in [-0.05, 0) is 12.1 Å². The number of benzene rings is 1. The van der Waals surface area contributed by atoms with Crippen LogP contribution in [0.25, 0.3) is 21.8 Å². The Morgan fingerprint density at radius 3 is 3.07 bits per heavy atom. The van der Waals surface area contributed by atoms with Crippen LogP contribution in [-0.2, 0) is 0 Å². The quantitative estimate of drug-likeness (QED) is 0.545. The third-order valence-corrected chi connectivity index (χ3v) is 2.23. The van der Waals surface area contributed by atoms with Gasteiger partial charge in [-0.15, -0.1) is 0 Å². The van der Waals surface area contributed by atoms with Gasteiger partial charge in [0.05, 0.1) is 16.4 Å². The summed E-state index contributed by atoms with van der Waals surface area (Å²) in [6.07, 6.45) is 3.07. The van der Waals surface area contributed by atoms with Gasteiger partial charge in [0.1, 0.15) is 6.33 Å². The van der Waals surface area contributed by atoms with Gasteiger partial charge in [-0.3, -0.25) is 9.89 Å². The molecule has 0 amide bonds. The van der Waals surface area contributed by atoms with E-state index in [2.05, 4.69) is 20.2 Å². The smallest absolute Gasteiger partial charge is 0.282 e. The van der Waals surface area contributed by atoms with Crippen LogP contribution in [0.3, 0.4) is 0 Å². The van der Waals surface area contributed by atoms with E-state index in [0.717, 1.165) is 10.9 Å². The highest BCUT2D eigenvalue weighted by Gasteiger charge is 2.05. The minimum absolute atomic E-state index is 0.253. The summed E-state index contributed by atoms with van der Waals surface area (Å²) in [6.45, 7) is 0. The van der Waals surface area contributed by atoms with Crippen LogP contribution in [0.5, 0.6) is 0 Å². The predicted molar refractivity (Wildman–Crippen MR) is 52.0 cm³/mol. The number of hydrogen-bond donors (Lipinski definition) is 2. The van der Waals surface area contributed by atoms with Crippen molar-refractivity contribution in [2.24, 2.45) is 0 Å². The normalized spacial score (nSPS) is 11.1. The monoisotopic (exact) mass is 186 g/mol. The van der Waals surface area contributed by atoms with Gasteiger partial charge in [-0.2, -0.15) is 4.98 Å². The molecule has 14 heavy (non-hydrogen) atoms. The van der Waals surface area contributed by atoms with E-state index in [4.69, 9.17) is 0 Å². The van der Waals surface area contributed by atoms with E-state index in [1.807, 2.05) is 12.1 Å². The van der Waals surface area contributed by atoms with Crippen molar-refractivity contribution < 1.29 is 0 Å². The maximum absolute atomic E-state index is 11.5. The van der Waals surface area contributed by atoms with E-state index in [1.54, 1.807) is 6.20 Å². The Hall–Kier alpha value is -2.17. The molecule has 0 unspecified atom stereocenters. The lowest BCUT2D eigenvalue weighted by molar-refractivity contribution is 1.12. The molecular weight excluding hydrogens is 180 g/mol. The SMILES string of the molecule is O=c1ncnc2ccc3c[nH][nH]c3c12. The summed E-state index contributed by atoms with van der Waals surface area (Å²) < 4.78 is 0. The number of aromatic nitrogens is 4. The summed E-state index contributed by atoms with van der Waals surface area (Å²) in [6, 6.07) is 3.71. The number of aromatic amines is 2. The maximum Gasteiger partial charge on any atom is 0.282 e. The third-order valence-electron chi connectivity index (χ3n) is 2.23. The molecule has 1 aromatic carbocycles. The Morgan fingerprint density at radius 2 is 2.14 bits per heavy atom. The Bertz CT molecular complexity index is 667. The molecule has 0 bridgehead atoms. The average molecular weight is 186 g/mol. The summed E-state index contributed by atoms with van der Waals surface area (Å²) >= 11 is 0. The highest BCUT2D eigenvalue weighted by Crippen LogP contribution is 2.17. The van der Waals surface area contributed by atoms with Crippen molar-refractivity contribution in [3.63, 3.8) is 0 Å². The van der Waals surface area contributed by atoms with E-state index < -0.39 is 0 Å². The van der Waals surface area contributed by atoms with Crippen molar-refractivity contribution in [2.75, 3.05) is 0 Å². The number of H-pyrrole nitrogens is 2. The second-order valence-electron chi connectivity index (χ2n) is 3.02. The Labute approximate surface area is 77.8 Å². The first-order chi connectivity index (χ1) is 6.86. The van der Waals surface area contributed by atoms with E-state index in [0.29, 0.717) is 10.9 Å². The molecule has 0 saturated carbocycles. The molecular formula is C9H6N4O. The zero-order valence-corrected chi connectivity index (χ0v) is 7.11. The lowest BCUT2D eigenvalue weighted by atomic mass is 10.2. The first-order valence-electron chi connectivity index (χ1n) is 4.16. The fraction of sp³-hybridized carbons (Fsp3) is 0. The van der Waals surface area contributed by atoms with Crippen LogP contribution in [-0.4, -0.2) is 20.2 Å². The van der Waals surface area contributed by atoms with Crippen molar-refractivity contribution in [1.82, 2.24) is 20.2 Å². The van der Waals surface area contributed by atoms with Gasteiger partial charge in [0.25, 0.3) is 5.56 Å².